The minimum absolute atomic E-state index is 0.0385. The fraction of sp³-hybridized carbons (Fsp3) is 0.444. The lowest BCUT2D eigenvalue weighted by Crippen LogP contribution is -2.30. The second-order valence-corrected chi connectivity index (χ2v) is 7.13. The third-order valence-corrected chi connectivity index (χ3v) is 4.48. The van der Waals surface area contributed by atoms with Crippen LogP contribution in [0.15, 0.2) is 24.3 Å². The maximum absolute atomic E-state index is 14.3. The standard InChI is InChI=1S/C18H23FN2/c1-11-5-6-14(19)16(7-11)21-12(2)8-13-15(20)9-18(3,4)10-17(13)21/h5-8,15H,9-10,20H2,1-4H3. The van der Waals surface area contributed by atoms with Crippen LogP contribution in [0, 0.1) is 25.1 Å². The number of benzene rings is 1. The smallest absolute Gasteiger partial charge is 0.147 e. The quantitative estimate of drug-likeness (QED) is 0.836. The third-order valence-electron chi connectivity index (χ3n) is 4.48. The van der Waals surface area contributed by atoms with Gasteiger partial charge in [-0.3, -0.25) is 0 Å². The summed E-state index contributed by atoms with van der Waals surface area (Å²) in [6.07, 6.45) is 1.90. The van der Waals surface area contributed by atoms with Crippen LogP contribution in [0.2, 0.25) is 0 Å². The second-order valence-electron chi connectivity index (χ2n) is 7.13. The Morgan fingerprint density at radius 1 is 1.24 bits per heavy atom. The van der Waals surface area contributed by atoms with E-state index < -0.39 is 0 Å². The Balaban J connectivity index is 2.23. The summed E-state index contributed by atoms with van der Waals surface area (Å²) in [4.78, 5) is 0. The van der Waals surface area contributed by atoms with Crippen LogP contribution < -0.4 is 5.73 Å². The normalized spacial score (nSPS) is 20.4. The van der Waals surface area contributed by atoms with Crippen molar-refractivity contribution in [2.45, 2.75) is 46.6 Å². The lowest BCUT2D eigenvalue weighted by atomic mass is 9.74. The first-order chi connectivity index (χ1) is 9.78. The van der Waals surface area contributed by atoms with Crippen molar-refractivity contribution in [2.75, 3.05) is 0 Å². The number of nitrogens with two attached hydrogens (primary N) is 1. The highest BCUT2D eigenvalue weighted by Crippen LogP contribution is 2.42. The number of halogens is 1. The van der Waals surface area contributed by atoms with Crippen molar-refractivity contribution < 1.29 is 4.39 Å². The molecule has 0 spiro atoms. The van der Waals surface area contributed by atoms with Gasteiger partial charge in [-0.15, -0.1) is 0 Å². The highest BCUT2D eigenvalue weighted by atomic mass is 19.1. The molecule has 1 heterocycles. The Labute approximate surface area is 125 Å². The van der Waals surface area contributed by atoms with E-state index in [9.17, 15) is 4.39 Å². The predicted octanol–water partition coefficient (Wildman–Crippen LogP) is 4.21. The highest BCUT2D eigenvalue weighted by molar-refractivity contribution is 5.46. The molecule has 0 amide bonds. The summed E-state index contributed by atoms with van der Waals surface area (Å²) in [5.41, 5.74) is 11.6. The first-order valence-corrected chi connectivity index (χ1v) is 7.52. The molecule has 0 radical (unpaired) electrons. The van der Waals surface area contributed by atoms with Gasteiger partial charge in [-0.05, 0) is 61.4 Å². The molecule has 1 aliphatic carbocycles. The van der Waals surface area contributed by atoms with E-state index >= 15 is 0 Å². The molecule has 112 valence electrons. The topological polar surface area (TPSA) is 30.9 Å². The zero-order valence-electron chi connectivity index (χ0n) is 13.2. The lowest BCUT2D eigenvalue weighted by molar-refractivity contribution is 0.278. The van der Waals surface area contributed by atoms with Crippen molar-refractivity contribution >= 4 is 0 Å². The maximum atomic E-state index is 14.3. The largest absolute Gasteiger partial charge is 0.324 e. The van der Waals surface area contributed by atoms with Gasteiger partial charge in [-0.25, -0.2) is 4.39 Å². The van der Waals surface area contributed by atoms with Crippen LogP contribution in [-0.4, -0.2) is 4.57 Å². The van der Waals surface area contributed by atoms with Gasteiger partial charge in [0.1, 0.15) is 5.82 Å². The SMILES string of the molecule is Cc1ccc(F)c(-n2c(C)cc3c2CC(C)(C)CC3N)c1. The lowest BCUT2D eigenvalue weighted by Gasteiger charge is -2.34. The van der Waals surface area contributed by atoms with Gasteiger partial charge in [-0.1, -0.05) is 19.9 Å². The van der Waals surface area contributed by atoms with Crippen LogP contribution in [0.3, 0.4) is 0 Å². The van der Waals surface area contributed by atoms with Gasteiger partial charge in [0.15, 0.2) is 0 Å². The molecule has 3 heteroatoms. The molecule has 1 aromatic heterocycles. The Hall–Kier alpha value is -1.61. The van der Waals surface area contributed by atoms with E-state index in [4.69, 9.17) is 5.73 Å². The van der Waals surface area contributed by atoms with E-state index in [1.165, 1.54) is 11.3 Å². The molecule has 1 aromatic carbocycles. The molecule has 0 saturated heterocycles. The van der Waals surface area contributed by atoms with E-state index in [1.807, 2.05) is 19.9 Å². The van der Waals surface area contributed by atoms with Gasteiger partial charge in [0, 0.05) is 17.4 Å². The number of aromatic nitrogens is 1. The van der Waals surface area contributed by atoms with Crippen LogP contribution in [0.4, 0.5) is 4.39 Å². The van der Waals surface area contributed by atoms with Gasteiger partial charge in [-0.2, -0.15) is 0 Å². The van der Waals surface area contributed by atoms with Gasteiger partial charge in [0.05, 0.1) is 5.69 Å². The molecular formula is C18H23FN2. The summed E-state index contributed by atoms with van der Waals surface area (Å²) >= 11 is 0. The zero-order chi connectivity index (χ0) is 15.4. The number of nitrogens with zero attached hydrogens (tertiary/aromatic N) is 1. The first kappa shape index (κ1) is 14.3. The molecule has 0 bridgehead atoms. The van der Waals surface area contributed by atoms with Crippen molar-refractivity contribution in [3.05, 3.63) is 52.6 Å². The molecule has 0 saturated carbocycles. The van der Waals surface area contributed by atoms with Crippen molar-refractivity contribution in [1.82, 2.24) is 4.57 Å². The zero-order valence-corrected chi connectivity index (χ0v) is 13.2. The summed E-state index contributed by atoms with van der Waals surface area (Å²) in [5.74, 6) is -0.181. The van der Waals surface area contributed by atoms with E-state index in [1.54, 1.807) is 12.1 Å². The number of fused-ring (bicyclic) bond motifs is 1. The average molecular weight is 286 g/mol. The van der Waals surface area contributed by atoms with Gasteiger partial charge < -0.3 is 10.3 Å². The molecule has 3 rings (SSSR count). The van der Waals surface area contributed by atoms with Gasteiger partial charge >= 0.3 is 0 Å². The Morgan fingerprint density at radius 2 is 1.95 bits per heavy atom. The Bertz CT molecular complexity index is 697. The summed E-state index contributed by atoms with van der Waals surface area (Å²) < 4.78 is 16.4. The molecule has 2 aromatic rings. The second kappa shape index (κ2) is 4.70. The molecule has 1 unspecified atom stereocenters. The van der Waals surface area contributed by atoms with Crippen LogP contribution in [0.1, 0.15) is 48.8 Å². The summed E-state index contributed by atoms with van der Waals surface area (Å²) in [7, 11) is 0. The van der Waals surface area contributed by atoms with E-state index in [0.717, 1.165) is 24.1 Å². The summed E-state index contributed by atoms with van der Waals surface area (Å²) in [6.45, 7) is 8.48. The first-order valence-electron chi connectivity index (χ1n) is 7.52. The monoisotopic (exact) mass is 286 g/mol. The predicted molar refractivity (Wildman–Crippen MR) is 84.2 cm³/mol. The minimum Gasteiger partial charge on any atom is -0.324 e. The number of hydrogen-bond acceptors (Lipinski definition) is 1. The average Bonchev–Trinajstić information content (AvgIpc) is 2.68. The Morgan fingerprint density at radius 3 is 2.67 bits per heavy atom. The third kappa shape index (κ3) is 2.40. The molecule has 1 aliphatic rings. The van der Waals surface area contributed by atoms with Crippen LogP contribution in [0.5, 0.6) is 0 Å². The van der Waals surface area contributed by atoms with Crippen LogP contribution in [0.25, 0.3) is 5.69 Å². The van der Waals surface area contributed by atoms with Gasteiger partial charge in [0.25, 0.3) is 0 Å². The van der Waals surface area contributed by atoms with Gasteiger partial charge in [0.2, 0.25) is 0 Å². The van der Waals surface area contributed by atoms with E-state index in [0.29, 0.717) is 5.69 Å². The molecule has 21 heavy (non-hydrogen) atoms. The van der Waals surface area contributed by atoms with Crippen molar-refractivity contribution in [2.24, 2.45) is 11.1 Å². The summed E-state index contributed by atoms with van der Waals surface area (Å²) in [5, 5.41) is 0. The fourth-order valence-electron chi connectivity index (χ4n) is 3.58. The Kier molecular flexibility index (Phi) is 3.21. The number of rotatable bonds is 1. The highest BCUT2D eigenvalue weighted by Gasteiger charge is 2.33. The maximum Gasteiger partial charge on any atom is 0.147 e. The fourth-order valence-corrected chi connectivity index (χ4v) is 3.58. The molecule has 0 fully saturated rings. The van der Waals surface area contributed by atoms with Crippen molar-refractivity contribution in [1.29, 1.82) is 0 Å². The molecular weight excluding hydrogens is 263 g/mol. The van der Waals surface area contributed by atoms with E-state index in [2.05, 4.69) is 24.5 Å². The van der Waals surface area contributed by atoms with E-state index in [-0.39, 0.29) is 17.3 Å². The molecule has 1 atom stereocenters. The number of hydrogen-bond donors (Lipinski definition) is 1. The molecule has 2 nitrogen and oxygen atoms in total. The van der Waals surface area contributed by atoms with Crippen molar-refractivity contribution in [3.8, 4) is 5.69 Å². The minimum atomic E-state index is -0.181. The molecule has 0 aliphatic heterocycles. The van der Waals surface area contributed by atoms with Crippen LogP contribution >= 0.6 is 0 Å². The van der Waals surface area contributed by atoms with Crippen LogP contribution in [-0.2, 0) is 6.42 Å². The number of aryl methyl sites for hydroxylation is 2. The molecule has 2 N–H and O–H groups in total. The van der Waals surface area contributed by atoms with Crippen molar-refractivity contribution in [3.63, 3.8) is 0 Å². The summed E-state index contributed by atoms with van der Waals surface area (Å²) in [6, 6.07) is 7.42.